The van der Waals surface area contributed by atoms with Crippen LogP contribution in [-0.4, -0.2) is 82.8 Å². The first-order valence-electron chi connectivity index (χ1n) is 8.92. The van der Waals surface area contributed by atoms with Crippen LogP contribution in [0.1, 0.15) is 26.2 Å². The SMILES string of the molecule is CCNC(=NCC1CCN(S(C)(=O)=O)CC1)N(C)CC1CCOC1.I. The monoisotopic (exact) mass is 488 g/mol. The van der Waals surface area contributed by atoms with Gasteiger partial charge in [-0.05, 0) is 32.1 Å². The Labute approximate surface area is 169 Å². The number of rotatable bonds is 6. The van der Waals surface area contributed by atoms with Gasteiger partial charge in [0.2, 0.25) is 10.0 Å². The molecule has 148 valence electrons. The van der Waals surface area contributed by atoms with Crippen molar-refractivity contribution in [2.45, 2.75) is 26.2 Å². The summed E-state index contributed by atoms with van der Waals surface area (Å²) in [6.45, 7) is 7.57. The molecule has 1 atom stereocenters. The Morgan fingerprint density at radius 1 is 1.28 bits per heavy atom. The molecule has 1 unspecified atom stereocenters. The molecule has 0 saturated carbocycles. The van der Waals surface area contributed by atoms with Crippen molar-refractivity contribution in [2.24, 2.45) is 16.8 Å². The minimum atomic E-state index is -3.05. The van der Waals surface area contributed by atoms with E-state index in [1.165, 1.54) is 6.26 Å². The number of aliphatic imine (C=N–C) groups is 1. The van der Waals surface area contributed by atoms with Gasteiger partial charge in [-0.1, -0.05) is 0 Å². The zero-order valence-corrected chi connectivity index (χ0v) is 18.8. The lowest BCUT2D eigenvalue weighted by Crippen LogP contribution is -2.42. The fourth-order valence-electron chi connectivity index (χ4n) is 3.31. The van der Waals surface area contributed by atoms with Crippen LogP contribution in [0.4, 0.5) is 0 Å². The average molecular weight is 488 g/mol. The van der Waals surface area contributed by atoms with E-state index in [1.807, 2.05) is 0 Å². The summed E-state index contributed by atoms with van der Waals surface area (Å²) in [4.78, 5) is 6.98. The van der Waals surface area contributed by atoms with Crippen LogP contribution in [0.25, 0.3) is 0 Å². The molecule has 2 rings (SSSR count). The lowest BCUT2D eigenvalue weighted by molar-refractivity contribution is 0.181. The third-order valence-corrected chi connectivity index (χ3v) is 6.10. The minimum Gasteiger partial charge on any atom is -0.381 e. The molecular formula is C16H33IN4O3S. The fourth-order valence-corrected chi connectivity index (χ4v) is 4.18. The smallest absolute Gasteiger partial charge is 0.211 e. The van der Waals surface area contributed by atoms with Gasteiger partial charge in [0.05, 0.1) is 12.9 Å². The number of ether oxygens (including phenoxy) is 1. The van der Waals surface area contributed by atoms with Gasteiger partial charge in [0.1, 0.15) is 0 Å². The normalized spacial score (nSPS) is 23.3. The van der Waals surface area contributed by atoms with E-state index >= 15 is 0 Å². The molecule has 0 aromatic carbocycles. The third kappa shape index (κ3) is 7.56. The number of halogens is 1. The molecule has 2 heterocycles. The van der Waals surface area contributed by atoms with E-state index in [-0.39, 0.29) is 24.0 Å². The molecule has 2 aliphatic heterocycles. The lowest BCUT2D eigenvalue weighted by atomic mass is 9.98. The van der Waals surface area contributed by atoms with Gasteiger partial charge in [-0.15, -0.1) is 24.0 Å². The summed E-state index contributed by atoms with van der Waals surface area (Å²) in [5, 5.41) is 3.36. The Hall–Kier alpha value is -0.130. The van der Waals surface area contributed by atoms with Crippen molar-refractivity contribution < 1.29 is 13.2 Å². The first-order chi connectivity index (χ1) is 11.4. The molecule has 2 fully saturated rings. The Morgan fingerprint density at radius 3 is 2.48 bits per heavy atom. The van der Waals surface area contributed by atoms with Crippen LogP contribution in [0.5, 0.6) is 0 Å². The predicted octanol–water partition coefficient (Wildman–Crippen LogP) is 1.21. The van der Waals surface area contributed by atoms with Gasteiger partial charge >= 0.3 is 0 Å². The zero-order valence-electron chi connectivity index (χ0n) is 15.6. The number of nitrogens with zero attached hydrogens (tertiary/aromatic N) is 3. The first kappa shape index (κ1) is 22.9. The number of nitrogens with one attached hydrogen (secondary N) is 1. The first-order valence-corrected chi connectivity index (χ1v) is 10.8. The maximum Gasteiger partial charge on any atom is 0.211 e. The second kappa shape index (κ2) is 10.9. The Bertz CT molecular complexity index is 515. The quantitative estimate of drug-likeness (QED) is 0.346. The summed E-state index contributed by atoms with van der Waals surface area (Å²) >= 11 is 0. The number of hydrogen-bond donors (Lipinski definition) is 1. The Kier molecular flexibility index (Phi) is 9.97. The van der Waals surface area contributed by atoms with Gasteiger partial charge in [0.25, 0.3) is 0 Å². The molecular weight excluding hydrogens is 455 g/mol. The van der Waals surface area contributed by atoms with Crippen LogP contribution in [-0.2, 0) is 14.8 Å². The molecule has 0 bridgehead atoms. The second-order valence-corrected chi connectivity index (χ2v) is 8.89. The topological polar surface area (TPSA) is 74.2 Å². The molecule has 0 aromatic rings. The minimum absolute atomic E-state index is 0. The highest BCUT2D eigenvalue weighted by molar-refractivity contribution is 14.0. The van der Waals surface area contributed by atoms with Crippen molar-refractivity contribution in [1.29, 1.82) is 0 Å². The van der Waals surface area contributed by atoms with Gasteiger partial charge in [-0.2, -0.15) is 0 Å². The van der Waals surface area contributed by atoms with Gasteiger partial charge in [0, 0.05) is 52.3 Å². The van der Waals surface area contributed by atoms with Crippen LogP contribution in [0.15, 0.2) is 4.99 Å². The maximum absolute atomic E-state index is 11.6. The van der Waals surface area contributed by atoms with E-state index < -0.39 is 10.0 Å². The standard InChI is InChI=1S/C16H32N4O3S.HI/c1-4-17-16(19(2)12-15-7-10-23-13-15)18-11-14-5-8-20(9-6-14)24(3,21)22;/h14-15H,4-13H2,1-3H3,(H,17,18);1H. The molecule has 25 heavy (non-hydrogen) atoms. The highest BCUT2D eigenvalue weighted by Gasteiger charge is 2.25. The third-order valence-electron chi connectivity index (χ3n) is 4.79. The number of sulfonamides is 1. The number of guanidine groups is 1. The second-order valence-electron chi connectivity index (χ2n) is 6.91. The van der Waals surface area contributed by atoms with Crippen molar-refractivity contribution in [3.8, 4) is 0 Å². The number of hydrogen-bond acceptors (Lipinski definition) is 4. The molecule has 0 radical (unpaired) electrons. The Morgan fingerprint density at radius 2 is 1.96 bits per heavy atom. The van der Waals surface area contributed by atoms with Crippen LogP contribution in [0, 0.1) is 11.8 Å². The lowest BCUT2D eigenvalue weighted by Gasteiger charge is -2.30. The largest absolute Gasteiger partial charge is 0.381 e. The maximum atomic E-state index is 11.6. The van der Waals surface area contributed by atoms with E-state index in [1.54, 1.807) is 4.31 Å². The highest BCUT2D eigenvalue weighted by atomic mass is 127. The van der Waals surface area contributed by atoms with Crippen molar-refractivity contribution in [3.05, 3.63) is 0 Å². The predicted molar refractivity (Wildman–Crippen MR) is 112 cm³/mol. The van der Waals surface area contributed by atoms with E-state index in [0.29, 0.717) is 24.9 Å². The van der Waals surface area contributed by atoms with Crippen molar-refractivity contribution in [3.63, 3.8) is 0 Å². The van der Waals surface area contributed by atoms with Crippen LogP contribution < -0.4 is 5.32 Å². The van der Waals surface area contributed by atoms with E-state index in [2.05, 4.69) is 24.2 Å². The molecule has 7 nitrogen and oxygen atoms in total. The van der Waals surface area contributed by atoms with Gasteiger partial charge < -0.3 is 15.0 Å². The summed E-state index contributed by atoms with van der Waals surface area (Å²) in [5.74, 6) is 1.98. The van der Waals surface area contributed by atoms with Crippen LogP contribution in [0.2, 0.25) is 0 Å². The van der Waals surface area contributed by atoms with E-state index in [0.717, 1.165) is 58.1 Å². The summed E-state index contributed by atoms with van der Waals surface area (Å²) < 4.78 is 30.2. The van der Waals surface area contributed by atoms with Gasteiger partial charge in [-0.25, -0.2) is 12.7 Å². The van der Waals surface area contributed by atoms with Crippen LogP contribution >= 0.6 is 24.0 Å². The van der Waals surface area contributed by atoms with Crippen molar-refractivity contribution in [2.75, 3.05) is 59.2 Å². The fraction of sp³-hybridized carbons (Fsp3) is 0.938. The molecule has 1 N–H and O–H groups in total. The summed E-state index contributed by atoms with van der Waals surface area (Å²) in [7, 11) is -0.976. The summed E-state index contributed by atoms with van der Waals surface area (Å²) in [6, 6.07) is 0. The molecule has 0 amide bonds. The van der Waals surface area contributed by atoms with Crippen LogP contribution in [0.3, 0.4) is 0 Å². The molecule has 2 aliphatic rings. The molecule has 0 aromatic heterocycles. The van der Waals surface area contributed by atoms with Crippen molar-refractivity contribution in [1.82, 2.24) is 14.5 Å². The number of piperidine rings is 1. The molecule has 0 spiro atoms. The van der Waals surface area contributed by atoms with Crippen molar-refractivity contribution >= 4 is 40.0 Å². The molecule has 2 saturated heterocycles. The summed E-state index contributed by atoms with van der Waals surface area (Å²) in [6.07, 6.45) is 4.18. The zero-order chi connectivity index (χ0) is 17.6. The highest BCUT2D eigenvalue weighted by Crippen LogP contribution is 2.19. The summed E-state index contributed by atoms with van der Waals surface area (Å²) in [5.41, 5.74) is 0. The molecule has 9 heteroatoms. The van der Waals surface area contributed by atoms with Gasteiger partial charge in [0.15, 0.2) is 5.96 Å². The Balaban J connectivity index is 0.00000312. The average Bonchev–Trinajstić information content (AvgIpc) is 3.03. The van der Waals surface area contributed by atoms with E-state index in [9.17, 15) is 8.42 Å². The molecule has 0 aliphatic carbocycles. The van der Waals surface area contributed by atoms with E-state index in [4.69, 9.17) is 9.73 Å². The van der Waals surface area contributed by atoms with Gasteiger partial charge in [-0.3, -0.25) is 4.99 Å².